The van der Waals surface area contributed by atoms with E-state index in [4.69, 9.17) is 40.0 Å². The standard InChI is InChI=1S/C21H13NO.C21H12NO.2C13H12N.CH4O3S.2CH4O.2Ir/c2*1-2-7-15-14(6-1)11-12-19-20(15)17-9-5-8-16(21(17)23-19)18-10-3-4-13-22-18;2*1-10-3-6-12(7-4-10)13-8-5-11(2)9-14-13;1-5(2,3)4;2*1-2;;/h1-13H;1-7,9-13H;2*3-6,8-9H,1-2H3;1H3,(H,2,3,4);2*2H,1H3;;/q;3*-1;;;;;/i;;2*1D3,2D3;;;;;. The smallest absolute Gasteiger partial charge is 0.261 e. The van der Waals surface area contributed by atoms with Crippen LogP contribution < -0.4 is 0 Å². The Kier molecular flexibility index (Phi) is 18.5. The maximum Gasteiger partial charge on any atom is 0.261 e. The summed E-state index contributed by atoms with van der Waals surface area (Å²) in [6, 6.07) is 71.4. The maximum atomic E-state index is 9.19. The molecular weight excluding hydrogens is 1440 g/mol. The van der Waals surface area contributed by atoms with Crippen LogP contribution in [0.4, 0.5) is 0 Å². The summed E-state index contributed by atoms with van der Waals surface area (Å²) in [5.41, 5.74) is 10.4. The molecule has 0 saturated carbocycles. The van der Waals surface area contributed by atoms with E-state index < -0.39 is 37.5 Å². The zero-order chi connectivity index (χ0) is 68.9. The Morgan fingerprint density at radius 1 is 0.435 bits per heavy atom. The molecule has 8 aromatic carbocycles. The van der Waals surface area contributed by atoms with Gasteiger partial charge in [0, 0.05) is 117 Å². The van der Waals surface area contributed by atoms with Crippen LogP contribution in [-0.2, 0) is 50.3 Å². The van der Waals surface area contributed by atoms with Gasteiger partial charge in [0.1, 0.15) is 16.7 Å². The molecule has 0 spiro atoms. The molecule has 0 saturated heterocycles. The molecular formula is C71H61Ir2N4O7S-3. The first-order valence-corrected chi connectivity index (χ1v) is 27.2. The minimum absolute atomic E-state index is 0. The summed E-state index contributed by atoms with van der Waals surface area (Å²) in [7, 11) is -1.67. The molecule has 0 fully saturated rings. The number of rotatable bonds is 4. The van der Waals surface area contributed by atoms with Crippen LogP contribution in [0.5, 0.6) is 0 Å². The third-order valence-corrected chi connectivity index (χ3v) is 12.3. The Morgan fingerprint density at radius 2 is 0.882 bits per heavy atom. The summed E-state index contributed by atoms with van der Waals surface area (Å²) in [6.07, 6.45) is 6.92. The van der Waals surface area contributed by atoms with Gasteiger partial charge in [-0.1, -0.05) is 140 Å². The molecule has 0 amide bonds. The first kappa shape index (κ1) is 50.0. The molecule has 14 aromatic rings. The fraction of sp³-hybridized carbons (Fsp3) is 0.0986. The molecule has 0 aliphatic rings. The van der Waals surface area contributed by atoms with E-state index in [0.29, 0.717) is 28.8 Å². The van der Waals surface area contributed by atoms with Crippen molar-refractivity contribution in [2.75, 3.05) is 20.5 Å². The van der Waals surface area contributed by atoms with Crippen LogP contribution in [0.2, 0.25) is 0 Å². The second-order valence-corrected chi connectivity index (χ2v) is 19.3. The Hall–Kier alpha value is -8.39. The van der Waals surface area contributed by atoms with Gasteiger partial charge in [0.15, 0.2) is 0 Å². The first-order chi connectivity index (χ1) is 45.2. The van der Waals surface area contributed by atoms with Crippen LogP contribution in [0.1, 0.15) is 38.7 Å². The molecule has 3 N–H and O–H groups in total. The maximum absolute atomic E-state index is 9.19. The molecule has 434 valence electrons. The second kappa shape index (κ2) is 31.5. The number of hydrogen-bond donors (Lipinski definition) is 3. The predicted molar refractivity (Wildman–Crippen MR) is 337 cm³/mol. The Balaban J connectivity index is 0.000000195. The van der Waals surface area contributed by atoms with Gasteiger partial charge in [-0.2, -0.15) is 8.42 Å². The van der Waals surface area contributed by atoms with Crippen LogP contribution in [0.3, 0.4) is 0 Å². The van der Waals surface area contributed by atoms with Crippen molar-refractivity contribution < 1.29 is 88.7 Å². The summed E-state index contributed by atoms with van der Waals surface area (Å²) in [4.78, 5) is 17.1. The largest absolute Gasteiger partial charge is 0.501 e. The molecule has 6 heterocycles. The second-order valence-electron chi connectivity index (χ2n) is 17.8. The molecule has 14 heteroatoms. The van der Waals surface area contributed by atoms with E-state index in [9.17, 15) is 8.42 Å². The van der Waals surface area contributed by atoms with Crippen molar-refractivity contribution >= 4 is 75.5 Å². The molecule has 14 rings (SSSR count). The van der Waals surface area contributed by atoms with Crippen molar-refractivity contribution in [3.8, 4) is 45.0 Å². The van der Waals surface area contributed by atoms with Gasteiger partial charge in [-0.25, -0.2) is 0 Å². The van der Waals surface area contributed by atoms with Crippen LogP contribution in [-0.4, -0.2) is 63.6 Å². The number of para-hydroxylation sites is 1. The summed E-state index contributed by atoms with van der Waals surface area (Å²) in [5, 5.41) is 23.5. The average Bonchev–Trinajstić information content (AvgIpc) is 1.61. The van der Waals surface area contributed by atoms with Crippen molar-refractivity contribution in [1.29, 1.82) is 0 Å². The molecule has 6 aromatic heterocycles. The number of benzene rings is 8. The van der Waals surface area contributed by atoms with Crippen LogP contribution in [0.25, 0.3) is 110 Å². The van der Waals surface area contributed by atoms with E-state index in [1.807, 2.05) is 54.7 Å². The number of furan rings is 2. The van der Waals surface area contributed by atoms with Gasteiger partial charge >= 0.3 is 0 Å². The van der Waals surface area contributed by atoms with Crippen molar-refractivity contribution in [1.82, 2.24) is 19.9 Å². The number of aliphatic hydroxyl groups is 2. The summed E-state index contributed by atoms with van der Waals surface area (Å²) >= 11 is 0. The number of aryl methyl sites for hydroxylation is 4. The van der Waals surface area contributed by atoms with Crippen molar-refractivity contribution in [3.63, 3.8) is 0 Å². The van der Waals surface area contributed by atoms with Gasteiger partial charge in [-0.15, -0.1) is 89.0 Å². The van der Waals surface area contributed by atoms with E-state index in [1.54, 1.807) is 30.5 Å². The van der Waals surface area contributed by atoms with E-state index in [0.717, 1.165) is 75.2 Å². The van der Waals surface area contributed by atoms with Crippen LogP contribution in [0.15, 0.2) is 234 Å². The van der Waals surface area contributed by atoms with Crippen LogP contribution >= 0.6 is 0 Å². The third-order valence-electron chi connectivity index (χ3n) is 12.3. The fourth-order valence-electron chi connectivity index (χ4n) is 8.78. The quantitative estimate of drug-likeness (QED) is 0.113. The van der Waals surface area contributed by atoms with Gasteiger partial charge in [-0.05, 0) is 99.9 Å². The summed E-state index contributed by atoms with van der Waals surface area (Å²) < 4.78 is 126. The molecule has 0 aliphatic carbocycles. The van der Waals surface area contributed by atoms with Crippen molar-refractivity contribution in [3.05, 3.63) is 265 Å². The topological polar surface area (TPSA) is 173 Å². The Morgan fingerprint density at radius 3 is 1.33 bits per heavy atom. The monoisotopic (exact) mass is 1510 g/mol. The van der Waals surface area contributed by atoms with E-state index in [1.165, 1.54) is 75.7 Å². The van der Waals surface area contributed by atoms with E-state index in [2.05, 4.69) is 129 Å². The molecule has 0 aliphatic heterocycles. The van der Waals surface area contributed by atoms with Gasteiger partial charge in [0.25, 0.3) is 10.1 Å². The van der Waals surface area contributed by atoms with Gasteiger partial charge in [-0.3, -0.25) is 9.54 Å². The van der Waals surface area contributed by atoms with Crippen molar-refractivity contribution in [2.45, 2.75) is 27.4 Å². The molecule has 85 heavy (non-hydrogen) atoms. The zero-order valence-corrected chi connectivity index (χ0v) is 51.3. The fourth-order valence-corrected chi connectivity index (χ4v) is 8.78. The molecule has 0 bridgehead atoms. The first-order valence-electron chi connectivity index (χ1n) is 31.4. The third kappa shape index (κ3) is 16.9. The average molecular weight is 1510 g/mol. The number of pyridine rings is 4. The minimum atomic E-state index is -3.67. The Labute approximate surface area is 539 Å². The SMILES string of the molecule is CO.CO.CS(=O)(=O)O.[2H]C([2H])([2H])c1c[c-]c(-c2ccc(C([2H])([2H])[2H])cn2)cc1.[2H]C([2H])([2H])c1c[c-]c(-c2ccc(C([2H])([2H])[2H])cn2)cc1.[Ir].[Ir].[c-]1ccc2c(oc3ccc4ccccc4c32)c1-c1ccccn1.c1ccc(-c2cccc3c2oc2ccc4ccccc4c23)nc1. The van der Waals surface area contributed by atoms with Gasteiger partial charge < -0.3 is 34.0 Å². The summed E-state index contributed by atoms with van der Waals surface area (Å²) in [5.74, 6) is 0. The van der Waals surface area contributed by atoms with Crippen molar-refractivity contribution in [2.24, 2.45) is 0 Å². The predicted octanol–water partition coefficient (Wildman–Crippen LogP) is 16.4. The van der Waals surface area contributed by atoms with E-state index >= 15 is 0 Å². The molecule has 0 unspecified atom stereocenters. The number of nitrogens with zero attached hydrogens (tertiary/aromatic N) is 4. The van der Waals surface area contributed by atoms with Crippen LogP contribution in [0, 0.1) is 45.6 Å². The zero-order valence-electron chi connectivity index (χ0n) is 57.7. The summed E-state index contributed by atoms with van der Waals surface area (Å²) in [6.45, 7) is -8.68. The van der Waals surface area contributed by atoms with Gasteiger partial charge in [0.05, 0.1) is 17.5 Å². The Bertz CT molecular complexity index is 4550. The normalized spacial score (nSPS) is 13.1. The number of aromatic nitrogens is 4. The van der Waals surface area contributed by atoms with E-state index in [-0.39, 0.29) is 62.5 Å². The number of hydrogen-bond acceptors (Lipinski definition) is 10. The number of aliphatic hydroxyl groups excluding tert-OH is 2. The molecule has 2 radical (unpaired) electrons. The minimum Gasteiger partial charge on any atom is -0.501 e. The molecule has 11 nitrogen and oxygen atoms in total. The van der Waals surface area contributed by atoms with Gasteiger partial charge in [0.2, 0.25) is 0 Å². The molecule has 0 atom stereocenters. The number of fused-ring (bicyclic) bond motifs is 10.